The molecule has 0 unspecified atom stereocenters. The average Bonchev–Trinajstić information content (AvgIpc) is 3.26. The monoisotopic (exact) mass is 382 g/mol. The molecular weight excluding hydrogens is 364 g/mol. The zero-order valence-corrected chi connectivity index (χ0v) is 16.4. The van der Waals surface area contributed by atoms with Gasteiger partial charge in [-0.2, -0.15) is 5.10 Å². The molecule has 0 saturated heterocycles. The van der Waals surface area contributed by atoms with Crippen LogP contribution in [0.25, 0.3) is 10.2 Å². The summed E-state index contributed by atoms with van der Waals surface area (Å²) < 4.78 is 1.97. The second-order valence-electron chi connectivity index (χ2n) is 6.17. The molecule has 3 aromatic heterocycles. The predicted molar refractivity (Wildman–Crippen MR) is 107 cm³/mol. The van der Waals surface area contributed by atoms with Crippen LogP contribution in [0.3, 0.4) is 0 Å². The maximum atomic E-state index is 12.6. The molecule has 0 radical (unpaired) electrons. The highest BCUT2D eigenvalue weighted by atomic mass is 32.1. The predicted octanol–water partition coefficient (Wildman–Crippen LogP) is 4.78. The van der Waals surface area contributed by atoms with Crippen LogP contribution in [0.5, 0.6) is 0 Å². The summed E-state index contributed by atoms with van der Waals surface area (Å²) in [5.74, 6) is -0.120. The number of aromatic nitrogens is 3. The van der Waals surface area contributed by atoms with E-state index in [4.69, 9.17) is 0 Å². The Morgan fingerprint density at radius 1 is 1.12 bits per heavy atom. The third-order valence-electron chi connectivity index (χ3n) is 4.26. The third kappa shape index (κ3) is 3.15. The van der Waals surface area contributed by atoms with E-state index in [-0.39, 0.29) is 5.91 Å². The number of nitrogens with zero attached hydrogens (tertiary/aromatic N) is 3. The lowest BCUT2D eigenvalue weighted by atomic mass is 10.2. The van der Waals surface area contributed by atoms with Gasteiger partial charge in [-0.15, -0.1) is 22.7 Å². The summed E-state index contributed by atoms with van der Waals surface area (Å²) in [7, 11) is 0. The Morgan fingerprint density at radius 3 is 2.58 bits per heavy atom. The molecule has 0 saturated carbocycles. The maximum Gasteiger partial charge on any atom is 0.267 e. The minimum atomic E-state index is -0.120. The molecule has 3 heterocycles. The number of thiazole rings is 1. The molecule has 26 heavy (non-hydrogen) atoms. The Bertz CT molecular complexity index is 1070. The quantitative estimate of drug-likeness (QED) is 0.552. The fourth-order valence-electron chi connectivity index (χ4n) is 2.77. The van der Waals surface area contributed by atoms with E-state index in [0.29, 0.717) is 16.6 Å². The van der Waals surface area contributed by atoms with E-state index in [9.17, 15) is 4.79 Å². The number of hydrogen-bond donors (Lipinski definition) is 1. The highest BCUT2D eigenvalue weighted by Crippen LogP contribution is 2.30. The number of anilines is 1. The van der Waals surface area contributed by atoms with Gasteiger partial charge in [0.15, 0.2) is 5.13 Å². The lowest BCUT2D eigenvalue weighted by Gasteiger charge is -2.02. The van der Waals surface area contributed by atoms with Crippen molar-refractivity contribution in [3.8, 4) is 0 Å². The molecule has 1 N–H and O–H groups in total. The van der Waals surface area contributed by atoms with Crippen LogP contribution >= 0.6 is 22.7 Å². The lowest BCUT2D eigenvalue weighted by molar-refractivity contribution is 0.103. The largest absolute Gasteiger partial charge is 0.297 e. The molecule has 1 amide bonds. The van der Waals surface area contributed by atoms with E-state index in [1.807, 2.05) is 49.7 Å². The van der Waals surface area contributed by atoms with Crippen molar-refractivity contribution >= 4 is 43.9 Å². The van der Waals surface area contributed by atoms with E-state index < -0.39 is 0 Å². The minimum absolute atomic E-state index is 0.120. The molecule has 132 valence electrons. The van der Waals surface area contributed by atoms with Gasteiger partial charge in [0.1, 0.15) is 4.83 Å². The second-order valence-corrected chi connectivity index (χ2v) is 8.41. The number of thiophene rings is 1. The van der Waals surface area contributed by atoms with Gasteiger partial charge in [0, 0.05) is 10.3 Å². The number of fused-ring (bicyclic) bond motifs is 1. The van der Waals surface area contributed by atoms with E-state index in [0.717, 1.165) is 26.5 Å². The van der Waals surface area contributed by atoms with Gasteiger partial charge in [-0.3, -0.25) is 14.8 Å². The number of nitrogens with one attached hydrogen (secondary N) is 1. The van der Waals surface area contributed by atoms with Crippen molar-refractivity contribution in [2.75, 3.05) is 5.32 Å². The first-order valence-corrected chi connectivity index (χ1v) is 9.91. The van der Waals surface area contributed by atoms with Crippen molar-refractivity contribution in [3.05, 3.63) is 63.1 Å². The van der Waals surface area contributed by atoms with Gasteiger partial charge in [-0.25, -0.2) is 4.98 Å². The lowest BCUT2D eigenvalue weighted by Crippen LogP contribution is -2.09. The molecular formula is C19H18N4OS2. The summed E-state index contributed by atoms with van der Waals surface area (Å²) in [6, 6.07) is 12.1. The molecule has 0 fully saturated rings. The first-order chi connectivity index (χ1) is 12.5. The standard InChI is InChI=1S/C19H18N4OS2/c1-11-13(3)25-19(20-11)21-17(24)16-9-15-12(2)22-23(18(15)26-16)10-14-7-5-4-6-8-14/h4-9H,10H2,1-3H3,(H,20,21,24). The van der Waals surface area contributed by atoms with E-state index in [1.165, 1.54) is 28.2 Å². The summed E-state index contributed by atoms with van der Waals surface area (Å²) >= 11 is 2.97. The molecule has 1 aromatic carbocycles. The molecule has 0 spiro atoms. The van der Waals surface area contributed by atoms with Gasteiger partial charge in [0.2, 0.25) is 0 Å². The van der Waals surface area contributed by atoms with Gasteiger partial charge in [-0.05, 0) is 32.4 Å². The van der Waals surface area contributed by atoms with Gasteiger partial charge in [0.25, 0.3) is 5.91 Å². The van der Waals surface area contributed by atoms with Crippen LogP contribution in [-0.2, 0) is 6.54 Å². The Balaban J connectivity index is 1.62. The van der Waals surface area contributed by atoms with Gasteiger partial charge in [0.05, 0.1) is 22.8 Å². The molecule has 0 aliphatic heterocycles. The average molecular weight is 383 g/mol. The van der Waals surface area contributed by atoms with Crippen molar-refractivity contribution < 1.29 is 4.79 Å². The van der Waals surface area contributed by atoms with Crippen molar-refractivity contribution in [1.82, 2.24) is 14.8 Å². The van der Waals surface area contributed by atoms with Crippen molar-refractivity contribution in [1.29, 1.82) is 0 Å². The first kappa shape index (κ1) is 16.9. The molecule has 5 nitrogen and oxygen atoms in total. The Morgan fingerprint density at radius 2 is 1.88 bits per heavy atom. The van der Waals surface area contributed by atoms with E-state index in [1.54, 1.807) is 0 Å². The van der Waals surface area contributed by atoms with Crippen molar-refractivity contribution in [3.63, 3.8) is 0 Å². The molecule has 0 aliphatic carbocycles. The van der Waals surface area contributed by atoms with Crippen LogP contribution < -0.4 is 5.32 Å². The minimum Gasteiger partial charge on any atom is -0.297 e. The molecule has 0 atom stereocenters. The van der Waals surface area contributed by atoms with Gasteiger partial charge in [-0.1, -0.05) is 30.3 Å². The highest BCUT2D eigenvalue weighted by Gasteiger charge is 2.17. The molecule has 4 aromatic rings. The normalized spacial score (nSPS) is 11.2. The maximum absolute atomic E-state index is 12.6. The molecule has 0 bridgehead atoms. The number of carbonyl (C=O) groups excluding carboxylic acids is 1. The Labute approximate surface area is 159 Å². The summed E-state index contributed by atoms with van der Waals surface area (Å²) in [6.07, 6.45) is 0. The number of hydrogen-bond acceptors (Lipinski definition) is 5. The van der Waals surface area contributed by atoms with E-state index in [2.05, 4.69) is 27.5 Å². The summed E-state index contributed by atoms with van der Waals surface area (Å²) in [5.41, 5.74) is 3.08. The molecule has 0 aliphatic rings. The number of amides is 1. The zero-order chi connectivity index (χ0) is 18.3. The summed E-state index contributed by atoms with van der Waals surface area (Å²) in [5, 5.41) is 9.21. The number of aryl methyl sites for hydroxylation is 3. The zero-order valence-electron chi connectivity index (χ0n) is 14.7. The fraction of sp³-hybridized carbons (Fsp3) is 0.211. The first-order valence-electron chi connectivity index (χ1n) is 8.27. The Kier molecular flexibility index (Phi) is 4.34. The summed E-state index contributed by atoms with van der Waals surface area (Å²) in [6.45, 7) is 6.62. The second kappa shape index (κ2) is 6.66. The van der Waals surface area contributed by atoms with Crippen LogP contribution in [0, 0.1) is 20.8 Å². The topological polar surface area (TPSA) is 59.8 Å². The van der Waals surface area contributed by atoms with Crippen LogP contribution in [-0.4, -0.2) is 20.7 Å². The highest BCUT2D eigenvalue weighted by molar-refractivity contribution is 7.20. The van der Waals surface area contributed by atoms with Crippen LogP contribution in [0.4, 0.5) is 5.13 Å². The molecule has 4 rings (SSSR count). The van der Waals surface area contributed by atoms with Crippen LogP contribution in [0.15, 0.2) is 36.4 Å². The van der Waals surface area contributed by atoms with E-state index >= 15 is 0 Å². The smallest absolute Gasteiger partial charge is 0.267 e. The number of carbonyl (C=O) groups is 1. The van der Waals surface area contributed by atoms with Crippen molar-refractivity contribution in [2.24, 2.45) is 0 Å². The molecule has 7 heteroatoms. The number of benzene rings is 1. The van der Waals surface area contributed by atoms with Crippen LogP contribution in [0.1, 0.15) is 31.5 Å². The van der Waals surface area contributed by atoms with Gasteiger partial charge < -0.3 is 0 Å². The fourth-order valence-corrected chi connectivity index (χ4v) is 4.64. The third-order valence-corrected chi connectivity index (χ3v) is 6.39. The number of rotatable bonds is 4. The van der Waals surface area contributed by atoms with Crippen LogP contribution in [0.2, 0.25) is 0 Å². The SMILES string of the molecule is Cc1nc(NC(=O)c2cc3c(C)nn(Cc4ccccc4)c3s2)sc1C. The van der Waals surface area contributed by atoms with Crippen molar-refractivity contribution in [2.45, 2.75) is 27.3 Å². The summed E-state index contributed by atoms with van der Waals surface area (Å²) in [4.78, 5) is 19.8. The van der Waals surface area contributed by atoms with Gasteiger partial charge >= 0.3 is 0 Å². The Hall–Kier alpha value is -2.51.